The third-order valence-corrected chi connectivity index (χ3v) is 0. The average Bonchev–Trinajstić information content (AvgIpc) is 1.79. The van der Waals surface area contributed by atoms with Crippen molar-refractivity contribution in [3.8, 4) is 0 Å². The van der Waals surface area contributed by atoms with E-state index in [0.717, 1.165) is 0 Å². The van der Waals surface area contributed by atoms with Gasteiger partial charge in [0.05, 0.1) is 0 Å². The molecule has 0 aliphatic carbocycles. The number of halogens is 5. The van der Waals surface area contributed by atoms with Gasteiger partial charge in [-0.05, 0) is 0 Å². The maximum atomic E-state index is 10.4. The van der Waals surface area contributed by atoms with Crippen molar-refractivity contribution in [3.63, 3.8) is 0 Å². The van der Waals surface area contributed by atoms with Crippen molar-refractivity contribution >= 4 is 101 Å². The van der Waals surface area contributed by atoms with Crippen LogP contribution in [-0.2, 0) is 15.1 Å². The Hall–Kier alpha value is 2.30. The van der Waals surface area contributed by atoms with Crippen LogP contribution in [0.5, 0.6) is 0 Å². The molecule has 168 valence electrons. The van der Waals surface area contributed by atoms with Gasteiger partial charge in [-0.2, -0.15) is 0 Å². The summed E-state index contributed by atoms with van der Waals surface area (Å²) in [5.41, 5.74) is 0. The van der Waals surface area contributed by atoms with Crippen molar-refractivity contribution < 1.29 is 63.0 Å². The van der Waals surface area contributed by atoms with Gasteiger partial charge in [-0.3, -0.25) is 0 Å². The first kappa shape index (κ1) is 42.4. The first-order valence-electron chi connectivity index (χ1n) is 3.76. The quantitative estimate of drug-likeness (QED) is 0.0796. The van der Waals surface area contributed by atoms with Crippen LogP contribution in [-0.4, -0.2) is 135 Å². The molecular formula is H13F5NO15Sb5. The normalized spacial score (nSPS) is 11.3. The van der Waals surface area contributed by atoms with Gasteiger partial charge in [0.25, 0.3) is 0 Å². The molecule has 0 saturated heterocycles. The maximum absolute atomic E-state index is 10.4. The summed E-state index contributed by atoms with van der Waals surface area (Å²) in [5.74, 6) is 0. The van der Waals surface area contributed by atoms with Crippen LogP contribution in [0.4, 0.5) is 14.1 Å². The molecule has 0 radical (unpaired) electrons. The Labute approximate surface area is 167 Å². The fourth-order valence-corrected chi connectivity index (χ4v) is 0. The Balaban J connectivity index is -0.0000000476. The van der Waals surface area contributed by atoms with Crippen LogP contribution < -0.4 is 6.15 Å². The van der Waals surface area contributed by atoms with E-state index in [-0.39, 0.29) is 6.15 Å². The molecule has 0 spiro atoms. The van der Waals surface area contributed by atoms with E-state index in [1.54, 1.807) is 0 Å². The van der Waals surface area contributed by atoms with E-state index in [0.29, 0.717) is 0 Å². The van der Waals surface area contributed by atoms with Gasteiger partial charge in [0.2, 0.25) is 0 Å². The molecule has 0 aliphatic heterocycles. The molecule has 0 fully saturated rings. The van der Waals surface area contributed by atoms with Crippen LogP contribution in [0.3, 0.4) is 0 Å². The van der Waals surface area contributed by atoms with Gasteiger partial charge in [0, 0.05) is 0 Å². The fourth-order valence-electron chi connectivity index (χ4n) is 0. The molecule has 16 nitrogen and oxygen atoms in total. The zero-order valence-electron chi connectivity index (χ0n) is 11.3. The van der Waals surface area contributed by atoms with Gasteiger partial charge in [-0.1, -0.05) is 0 Å². The Bertz CT molecular complexity index is 387. The predicted octanol–water partition coefficient (Wildman–Crippen LogP) is -5.80. The van der Waals surface area contributed by atoms with Crippen molar-refractivity contribution in [1.82, 2.24) is 6.15 Å². The minimum absolute atomic E-state index is 0. The zero-order chi connectivity index (χ0) is 22.5. The van der Waals surface area contributed by atoms with Gasteiger partial charge < -0.3 is 6.15 Å². The molecule has 0 aliphatic rings. The Morgan fingerprint density at radius 1 is 0.346 bits per heavy atom. The molecule has 13 N–H and O–H groups in total. The number of hydrogen-bond acceptors (Lipinski definition) is 6. The molecule has 26 heteroatoms. The van der Waals surface area contributed by atoms with Gasteiger partial charge >= 0.3 is 164 Å². The molecule has 0 rings (SSSR count). The molecular weight excluding hydrogens is 958 g/mol. The molecule has 0 unspecified atom stereocenters. The molecule has 0 amide bonds. The van der Waals surface area contributed by atoms with E-state index in [1.807, 2.05) is 0 Å². The third kappa shape index (κ3) is 3180. The molecule has 0 heterocycles. The summed E-state index contributed by atoms with van der Waals surface area (Å²) in [4.78, 5) is 0. The van der Waals surface area contributed by atoms with Crippen LogP contribution in [0.2, 0.25) is 0 Å². The van der Waals surface area contributed by atoms with Crippen LogP contribution >= 0.6 is 0 Å². The summed E-state index contributed by atoms with van der Waals surface area (Å²) in [6.07, 6.45) is 0. The monoisotopic (exact) mass is 967 g/mol. The van der Waals surface area contributed by atoms with Gasteiger partial charge in [-0.15, -0.1) is 0 Å². The molecule has 0 aromatic heterocycles. The van der Waals surface area contributed by atoms with E-state index < -0.39 is 101 Å². The van der Waals surface area contributed by atoms with Gasteiger partial charge in [0.1, 0.15) is 0 Å². The molecule has 0 aromatic carbocycles. The van der Waals surface area contributed by atoms with Crippen LogP contribution in [0, 0.1) is 0 Å². The van der Waals surface area contributed by atoms with Crippen molar-refractivity contribution in [2.75, 3.05) is 0 Å². The van der Waals surface area contributed by atoms with Crippen LogP contribution in [0.15, 0.2) is 0 Å². The standard InChI is InChI=1S/5FH.H3N.10H2O.5O.5Sb/h5*1H;1H3;10*1H2;;;;;;;;;;/q;;;;;;;;;;;;;;;;;;;;;5*+3/p-15. The molecule has 0 aromatic rings. The van der Waals surface area contributed by atoms with E-state index in [1.165, 1.54) is 0 Å². The fraction of sp³-hybridized carbons (Fsp3) is 0. The summed E-state index contributed by atoms with van der Waals surface area (Å²) in [7, 11) is 0. The third-order valence-electron chi connectivity index (χ3n) is 0. The average molecular weight is 971 g/mol. The zero-order valence-corrected chi connectivity index (χ0v) is 24.1. The topological polar surface area (TPSA) is 323 Å². The predicted molar refractivity (Wildman–Crippen MR) is 65.0 cm³/mol. The Morgan fingerprint density at radius 2 is 0.346 bits per heavy atom. The summed E-state index contributed by atoms with van der Waals surface area (Å²) < 4.78 is 167. The van der Waals surface area contributed by atoms with Crippen molar-refractivity contribution in [3.05, 3.63) is 0 Å². The second-order valence-electron chi connectivity index (χ2n) is 2.36. The summed E-state index contributed by atoms with van der Waals surface area (Å²) in [6, 6.07) is 0. The van der Waals surface area contributed by atoms with Crippen LogP contribution in [0.25, 0.3) is 0 Å². The number of rotatable bonds is 0. The summed E-state index contributed by atoms with van der Waals surface area (Å²) in [5, 5.41) is 0. The SMILES string of the molecule is N.[O]=[Sb]([OH])([OH])[F].[O]=[Sb]([OH])([OH])[F].[O]=[Sb]([OH])([OH])[F].[O]=[Sb]([OH])([OH])[F].[O]=[Sb]([OH])([OH])[F]. The second kappa shape index (κ2) is 18.1. The van der Waals surface area contributed by atoms with E-state index in [2.05, 4.69) is 0 Å². The van der Waals surface area contributed by atoms with Crippen molar-refractivity contribution in [1.29, 1.82) is 0 Å². The molecule has 0 bridgehead atoms. The Morgan fingerprint density at radius 3 is 0.346 bits per heavy atom. The van der Waals surface area contributed by atoms with Crippen LogP contribution in [0.1, 0.15) is 0 Å². The Kier molecular flexibility index (Phi) is 29.5. The van der Waals surface area contributed by atoms with E-state index in [9.17, 15) is 14.1 Å². The summed E-state index contributed by atoms with van der Waals surface area (Å²) in [6.45, 7) is 0. The van der Waals surface area contributed by atoms with Crippen molar-refractivity contribution in [2.24, 2.45) is 0 Å². The first-order chi connectivity index (χ1) is 10.0. The molecule has 26 heavy (non-hydrogen) atoms. The summed E-state index contributed by atoms with van der Waals surface area (Å²) >= 11 is -29.2. The van der Waals surface area contributed by atoms with Gasteiger partial charge in [-0.25, -0.2) is 0 Å². The van der Waals surface area contributed by atoms with E-state index in [4.69, 9.17) is 48.9 Å². The second-order valence-corrected chi connectivity index (χ2v) is 15.9. The van der Waals surface area contributed by atoms with Gasteiger partial charge in [0.15, 0.2) is 0 Å². The molecule has 0 saturated carbocycles. The number of hydrogen-bond donors (Lipinski definition) is 11. The van der Waals surface area contributed by atoms with E-state index >= 15 is 0 Å². The van der Waals surface area contributed by atoms with Crippen molar-refractivity contribution in [2.45, 2.75) is 0 Å². The first-order valence-corrected chi connectivity index (χ1v) is 25.2. The molecule has 0 atom stereocenters. The minimum atomic E-state index is -5.85.